The quantitative estimate of drug-likeness (QED) is 0.711. The number of hydrogen-bond acceptors (Lipinski definition) is 1. The molecule has 2 rings (SSSR count). The summed E-state index contributed by atoms with van der Waals surface area (Å²) in [6.07, 6.45) is 1.52. The molecule has 0 aromatic heterocycles. The maximum absolute atomic E-state index is 8.89. The Balaban J connectivity index is 2.47. The van der Waals surface area contributed by atoms with E-state index in [0.717, 1.165) is 16.7 Å². The van der Waals surface area contributed by atoms with E-state index in [-0.39, 0.29) is 0 Å². The molecule has 0 aliphatic rings. The van der Waals surface area contributed by atoms with Gasteiger partial charge in [0.2, 0.25) is 0 Å². The molecule has 0 fully saturated rings. The highest BCUT2D eigenvalue weighted by atomic mass is 35.5. The van der Waals surface area contributed by atoms with Crippen LogP contribution in [0.25, 0.3) is 5.57 Å². The Kier molecular flexibility index (Phi) is 4.04. The van der Waals surface area contributed by atoms with Gasteiger partial charge in [-0.1, -0.05) is 47.5 Å². The van der Waals surface area contributed by atoms with Crippen LogP contribution < -0.4 is 0 Å². The van der Waals surface area contributed by atoms with Gasteiger partial charge in [-0.3, -0.25) is 0 Å². The molecule has 0 saturated heterocycles. The normalized spacial score (nSPS) is 9.61. The fourth-order valence-electron chi connectivity index (χ4n) is 1.66. The summed E-state index contributed by atoms with van der Waals surface area (Å²) < 4.78 is 0. The van der Waals surface area contributed by atoms with E-state index >= 15 is 0 Å². The maximum atomic E-state index is 8.89. The van der Waals surface area contributed by atoms with E-state index in [1.807, 2.05) is 24.3 Å². The molecule has 88 valence electrons. The molecule has 0 amide bonds. The molecule has 18 heavy (non-hydrogen) atoms. The number of rotatable bonds is 2. The van der Waals surface area contributed by atoms with E-state index in [9.17, 15) is 0 Å². The Morgan fingerprint density at radius 1 is 0.833 bits per heavy atom. The zero-order valence-corrected chi connectivity index (χ0v) is 10.9. The second kappa shape index (κ2) is 5.73. The van der Waals surface area contributed by atoms with Gasteiger partial charge in [0, 0.05) is 16.1 Å². The third-order valence-electron chi connectivity index (χ3n) is 2.52. The highest BCUT2D eigenvalue weighted by molar-refractivity contribution is 6.31. The Morgan fingerprint density at radius 3 is 1.56 bits per heavy atom. The van der Waals surface area contributed by atoms with Crippen LogP contribution in [0.3, 0.4) is 0 Å². The van der Waals surface area contributed by atoms with Gasteiger partial charge in [0.1, 0.15) is 0 Å². The summed E-state index contributed by atoms with van der Waals surface area (Å²) >= 11 is 11.7. The van der Waals surface area contributed by atoms with Crippen LogP contribution in [0.1, 0.15) is 11.1 Å². The third kappa shape index (κ3) is 2.92. The van der Waals surface area contributed by atoms with Crippen LogP contribution in [0.15, 0.2) is 54.6 Å². The lowest BCUT2D eigenvalue weighted by atomic mass is 9.98. The minimum Gasteiger partial charge on any atom is -0.193 e. The Bertz CT molecular complexity index is 557. The zero-order chi connectivity index (χ0) is 13.0. The van der Waals surface area contributed by atoms with Crippen molar-refractivity contribution in [1.29, 1.82) is 5.26 Å². The van der Waals surface area contributed by atoms with E-state index in [2.05, 4.69) is 6.07 Å². The van der Waals surface area contributed by atoms with Crippen LogP contribution in [0.5, 0.6) is 0 Å². The summed E-state index contributed by atoms with van der Waals surface area (Å²) in [4.78, 5) is 0. The molecule has 0 aliphatic heterocycles. The van der Waals surface area contributed by atoms with E-state index in [1.165, 1.54) is 6.08 Å². The van der Waals surface area contributed by atoms with E-state index < -0.39 is 0 Å². The number of hydrogen-bond donors (Lipinski definition) is 0. The van der Waals surface area contributed by atoms with Gasteiger partial charge in [0.15, 0.2) is 0 Å². The van der Waals surface area contributed by atoms with E-state index in [0.29, 0.717) is 10.0 Å². The molecule has 0 saturated carbocycles. The van der Waals surface area contributed by atoms with Crippen LogP contribution >= 0.6 is 23.2 Å². The molecule has 0 spiro atoms. The molecule has 2 aromatic rings. The molecular formula is C15H9Cl2N. The first-order chi connectivity index (χ1) is 8.70. The summed E-state index contributed by atoms with van der Waals surface area (Å²) in [6.45, 7) is 0. The molecule has 0 N–H and O–H groups in total. The number of benzene rings is 2. The highest BCUT2D eigenvalue weighted by Crippen LogP contribution is 2.25. The Hall–Kier alpha value is -1.75. The van der Waals surface area contributed by atoms with Crippen LogP contribution in [0.2, 0.25) is 10.0 Å². The zero-order valence-electron chi connectivity index (χ0n) is 9.40. The standard InChI is InChI=1S/C15H9Cl2N/c16-13-5-1-11(2-6-13)15(9-10-18)12-3-7-14(17)8-4-12/h1-9H. The fraction of sp³-hybridized carbons (Fsp3) is 0. The minimum absolute atomic E-state index is 0.672. The summed E-state index contributed by atoms with van der Waals surface area (Å²) in [5.74, 6) is 0. The highest BCUT2D eigenvalue weighted by Gasteiger charge is 2.05. The average Bonchev–Trinajstić information content (AvgIpc) is 2.39. The van der Waals surface area contributed by atoms with Gasteiger partial charge < -0.3 is 0 Å². The fourth-order valence-corrected chi connectivity index (χ4v) is 1.91. The molecular weight excluding hydrogens is 265 g/mol. The van der Waals surface area contributed by atoms with Crippen LogP contribution in [-0.2, 0) is 0 Å². The van der Waals surface area contributed by atoms with Crippen LogP contribution in [-0.4, -0.2) is 0 Å². The minimum atomic E-state index is 0.672. The van der Waals surface area contributed by atoms with Crippen molar-refractivity contribution in [1.82, 2.24) is 0 Å². The average molecular weight is 274 g/mol. The maximum Gasteiger partial charge on any atom is 0.0918 e. The lowest BCUT2D eigenvalue weighted by Crippen LogP contribution is -1.87. The van der Waals surface area contributed by atoms with Gasteiger partial charge in [-0.2, -0.15) is 5.26 Å². The smallest absolute Gasteiger partial charge is 0.0918 e. The van der Waals surface area contributed by atoms with Crippen molar-refractivity contribution in [2.75, 3.05) is 0 Å². The predicted molar refractivity (Wildman–Crippen MR) is 75.6 cm³/mol. The second-order valence-corrected chi connectivity index (χ2v) is 4.57. The largest absolute Gasteiger partial charge is 0.193 e. The predicted octanol–water partition coefficient (Wildman–Crippen LogP) is 4.95. The molecule has 1 nitrogen and oxygen atoms in total. The van der Waals surface area contributed by atoms with Gasteiger partial charge in [-0.05, 0) is 41.0 Å². The van der Waals surface area contributed by atoms with Crippen molar-refractivity contribution in [2.45, 2.75) is 0 Å². The molecule has 3 heteroatoms. The van der Waals surface area contributed by atoms with Gasteiger partial charge in [-0.15, -0.1) is 0 Å². The Labute approximate surface area is 116 Å². The van der Waals surface area contributed by atoms with Crippen molar-refractivity contribution < 1.29 is 0 Å². The van der Waals surface area contributed by atoms with Crippen LogP contribution in [0.4, 0.5) is 0 Å². The summed E-state index contributed by atoms with van der Waals surface area (Å²) in [5.41, 5.74) is 2.75. The van der Waals surface area contributed by atoms with E-state index in [1.54, 1.807) is 24.3 Å². The second-order valence-electron chi connectivity index (χ2n) is 3.70. The first-order valence-corrected chi connectivity index (χ1v) is 6.08. The molecule has 2 aromatic carbocycles. The lowest BCUT2D eigenvalue weighted by Gasteiger charge is -2.07. The van der Waals surface area contributed by atoms with Crippen molar-refractivity contribution in [3.63, 3.8) is 0 Å². The SMILES string of the molecule is N#CC=C(c1ccc(Cl)cc1)c1ccc(Cl)cc1. The van der Waals surface area contributed by atoms with Gasteiger partial charge >= 0.3 is 0 Å². The topological polar surface area (TPSA) is 23.8 Å². The van der Waals surface area contributed by atoms with E-state index in [4.69, 9.17) is 28.5 Å². The molecule has 0 bridgehead atoms. The molecule has 0 unspecified atom stereocenters. The van der Waals surface area contributed by atoms with Crippen molar-refractivity contribution in [2.24, 2.45) is 0 Å². The van der Waals surface area contributed by atoms with Crippen molar-refractivity contribution in [3.05, 3.63) is 75.8 Å². The summed E-state index contributed by atoms with van der Waals surface area (Å²) in [5, 5.41) is 10.2. The number of halogens is 2. The number of allylic oxidation sites excluding steroid dienone is 1. The number of nitrogens with zero attached hydrogens (tertiary/aromatic N) is 1. The van der Waals surface area contributed by atoms with Gasteiger partial charge in [0.05, 0.1) is 6.07 Å². The van der Waals surface area contributed by atoms with Crippen LogP contribution in [0, 0.1) is 11.3 Å². The van der Waals surface area contributed by atoms with Gasteiger partial charge in [0.25, 0.3) is 0 Å². The van der Waals surface area contributed by atoms with Gasteiger partial charge in [-0.25, -0.2) is 0 Å². The van der Waals surface area contributed by atoms with Crippen molar-refractivity contribution in [3.8, 4) is 6.07 Å². The summed E-state index contributed by atoms with van der Waals surface area (Å²) in [6, 6.07) is 16.8. The third-order valence-corrected chi connectivity index (χ3v) is 3.02. The van der Waals surface area contributed by atoms with Crippen molar-refractivity contribution >= 4 is 28.8 Å². The molecule has 0 heterocycles. The summed E-state index contributed by atoms with van der Waals surface area (Å²) in [7, 11) is 0. The Morgan fingerprint density at radius 2 is 1.22 bits per heavy atom. The first kappa shape index (κ1) is 12.7. The molecule has 0 radical (unpaired) electrons. The monoisotopic (exact) mass is 273 g/mol. The molecule has 0 aliphatic carbocycles. The lowest BCUT2D eigenvalue weighted by molar-refractivity contribution is 1.51. The molecule has 0 atom stereocenters. The first-order valence-electron chi connectivity index (χ1n) is 5.32. The number of nitriles is 1.